The van der Waals surface area contributed by atoms with Crippen molar-refractivity contribution in [1.82, 2.24) is 15.0 Å². The van der Waals surface area contributed by atoms with Gasteiger partial charge in [0.1, 0.15) is 11.6 Å². The first-order valence-corrected chi connectivity index (χ1v) is 13.1. The third-order valence-electron chi connectivity index (χ3n) is 6.20. The van der Waals surface area contributed by atoms with E-state index in [1.807, 2.05) is 31.2 Å². The van der Waals surface area contributed by atoms with E-state index in [9.17, 15) is 4.39 Å². The Morgan fingerprint density at radius 3 is 2.70 bits per heavy atom. The van der Waals surface area contributed by atoms with Gasteiger partial charge in [-0.05, 0) is 54.8 Å². The van der Waals surface area contributed by atoms with Gasteiger partial charge in [0.2, 0.25) is 0 Å². The lowest BCUT2D eigenvalue weighted by Crippen LogP contribution is -2.37. The molecule has 0 spiro atoms. The van der Waals surface area contributed by atoms with E-state index < -0.39 is 6.67 Å². The first kappa shape index (κ1) is 25.2. The van der Waals surface area contributed by atoms with E-state index >= 15 is 4.39 Å². The number of nitrogens with zero attached hydrogens (tertiary/aromatic N) is 4. The van der Waals surface area contributed by atoms with Crippen LogP contribution in [0.15, 0.2) is 48.7 Å². The van der Waals surface area contributed by atoms with Crippen molar-refractivity contribution < 1.29 is 13.5 Å². The average molecular weight is 523 g/mol. The van der Waals surface area contributed by atoms with E-state index in [0.29, 0.717) is 61.4 Å². The Morgan fingerprint density at radius 1 is 1.11 bits per heavy atom. The lowest BCUT2D eigenvalue weighted by atomic mass is 9.99. The van der Waals surface area contributed by atoms with Crippen LogP contribution in [0.25, 0.3) is 33.4 Å². The normalized spacial score (nSPS) is 13.8. The molecule has 1 aliphatic heterocycles. The highest BCUT2D eigenvalue weighted by Crippen LogP contribution is 2.36. The van der Waals surface area contributed by atoms with Crippen LogP contribution < -0.4 is 15.4 Å². The summed E-state index contributed by atoms with van der Waals surface area (Å²) in [6.45, 7) is 4.17. The predicted octanol–water partition coefficient (Wildman–Crippen LogP) is 5.64. The van der Waals surface area contributed by atoms with Crippen molar-refractivity contribution in [2.24, 2.45) is 0 Å². The summed E-state index contributed by atoms with van der Waals surface area (Å²) in [5.74, 6) is 1.97. The molecule has 3 N–H and O–H groups in total. The second kappa shape index (κ2) is 11.3. The van der Waals surface area contributed by atoms with Gasteiger partial charge in [-0.3, -0.25) is 4.39 Å². The van der Waals surface area contributed by atoms with Crippen LogP contribution in [0.3, 0.4) is 0 Å². The lowest BCUT2D eigenvalue weighted by molar-refractivity contribution is 0.122. The van der Waals surface area contributed by atoms with E-state index in [1.54, 1.807) is 24.4 Å². The molecule has 0 aliphatic carbocycles. The molecule has 37 heavy (non-hydrogen) atoms. The van der Waals surface area contributed by atoms with Gasteiger partial charge in [-0.1, -0.05) is 24.1 Å². The molecular weight excluding hydrogens is 494 g/mol. The Bertz CT molecular complexity index is 1400. The number of alkyl halides is 1. The SMILES string of the molecule is Cc1cc(-c2cccc(NSCCCF)c2F)cc2c(N3CCOCC3)nc(-c3ccc(N)nc3)nc12. The highest BCUT2D eigenvalue weighted by molar-refractivity contribution is 8.00. The molecule has 7 nitrogen and oxygen atoms in total. The van der Waals surface area contributed by atoms with Gasteiger partial charge in [0.05, 0.1) is 31.1 Å². The molecule has 1 aliphatic rings. The Morgan fingerprint density at radius 2 is 1.95 bits per heavy atom. The van der Waals surface area contributed by atoms with Gasteiger partial charge in [0.25, 0.3) is 0 Å². The van der Waals surface area contributed by atoms with Gasteiger partial charge in [-0.2, -0.15) is 0 Å². The number of fused-ring (bicyclic) bond motifs is 1. The van der Waals surface area contributed by atoms with Gasteiger partial charge in [0.15, 0.2) is 11.6 Å². The number of ether oxygens (including phenoxy) is 1. The average Bonchev–Trinajstić information content (AvgIpc) is 2.92. The summed E-state index contributed by atoms with van der Waals surface area (Å²) in [5, 5.41) is 0.846. The summed E-state index contributed by atoms with van der Waals surface area (Å²) in [6, 6.07) is 12.7. The second-order valence-electron chi connectivity index (χ2n) is 8.79. The van der Waals surface area contributed by atoms with Crippen molar-refractivity contribution in [1.29, 1.82) is 0 Å². The van der Waals surface area contributed by atoms with Crippen molar-refractivity contribution >= 4 is 40.2 Å². The number of hydrogen-bond acceptors (Lipinski definition) is 8. The maximum absolute atomic E-state index is 15.5. The number of benzene rings is 2. The number of morpholine rings is 1. The van der Waals surface area contributed by atoms with Crippen molar-refractivity contribution in [2.45, 2.75) is 13.3 Å². The van der Waals surface area contributed by atoms with Gasteiger partial charge in [0, 0.05) is 41.6 Å². The van der Waals surface area contributed by atoms with Gasteiger partial charge in [-0.15, -0.1) is 0 Å². The molecule has 1 saturated heterocycles. The first-order chi connectivity index (χ1) is 18.0. The Balaban J connectivity index is 1.61. The number of nitrogens with one attached hydrogen (secondary N) is 1. The third kappa shape index (κ3) is 5.45. The molecule has 192 valence electrons. The number of anilines is 3. The minimum Gasteiger partial charge on any atom is -0.384 e. The van der Waals surface area contributed by atoms with Crippen LogP contribution >= 0.6 is 11.9 Å². The summed E-state index contributed by atoms with van der Waals surface area (Å²) >= 11 is 1.29. The summed E-state index contributed by atoms with van der Waals surface area (Å²) < 4.78 is 36.5. The van der Waals surface area contributed by atoms with Crippen molar-refractivity contribution in [3.8, 4) is 22.5 Å². The second-order valence-corrected chi connectivity index (χ2v) is 9.69. The molecule has 4 aromatic rings. The van der Waals surface area contributed by atoms with Crippen molar-refractivity contribution in [3.05, 3.63) is 60.0 Å². The maximum Gasteiger partial charge on any atom is 0.163 e. The fourth-order valence-electron chi connectivity index (χ4n) is 4.32. The molecule has 0 radical (unpaired) electrons. The molecule has 2 aromatic carbocycles. The highest BCUT2D eigenvalue weighted by atomic mass is 32.2. The smallest absolute Gasteiger partial charge is 0.163 e. The number of nitrogen functional groups attached to an aromatic ring is 1. The largest absolute Gasteiger partial charge is 0.384 e. The maximum atomic E-state index is 15.5. The van der Waals surface area contributed by atoms with Crippen LogP contribution in [-0.2, 0) is 4.74 Å². The molecular formula is C27H28F2N6OS. The van der Waals surface area contributed by atoms with E-state index in [0.717, 1.165) is 33.4 Å². The molecule has 10 heteroatoms. The standard InChI is InChI=1S/C27H28F2N6OS/c1-17-14-19(20-4-2-5-22(24(20)29)34-37-13-3-8-28)15-21-25(17)32-26(18-6-7-23(30)31-16-18)33-27(21)35-9-11-36-12-10-35/h2,4-7,14-16,34H,3,8-13H2,1H3,(H2,30,31). The molecule has 3 heterocycles. The van der Waals surface area contributed by atoms with Gasteiger partial charge < -0.3 is 20.1 Å². The third-order valence-corrected chi connectivity index (χ3v) is 7.06. The van der Waals surface area contributed by atoms with Crippen molar-refractivity contribution in [2.75, 3.05) is 54.1 Å². The fourth-order valence-corrected chi connectivity index (χ4v) is 4.99. The van der Waals surface area contributed by atoms with Crippen LogP contribution in [0.2, 0.25) is 0 Å². The van der Waals surface area contributed by atoms with E-state index in [-0.39, 0.29) is 5.82 Å². The number of hydrogen-bond donors (Lipinski definition) is 2. The number of pyridine rings is 1. The number of aromatic nitrogens is 3. The number of rotatable bonds is 8. The first-order valence-electron chi connectivity index (χ1n) is 12.1. The number of nitrogens with two attached hydrogens (primary N) is 1. The fraction of sp³-hybridized carbons (Fsp3) is 0.296. The van der Waals surface area contributed by atoms with Crippen LogP contribution in [-0.4, -0.2) is 53.7 Å². The topological polar surface area (TPSA) is 89.2 Å². The number of aryl methyl sites for hydroxylation is 1. The van der Waals surface area contributed by atoms with E-state index in [1.165, 1.54) is 11.9 Å². The zero-order valence-electron chi connectivity index (χ0n) is 20.5. The molecule has 0 saturated carbocycles. The lowest BCUT2D eigenvalue weighted by Gasteiger charge is -2.29. The summed E-state index contributed by atoms with van der Waals surface area (Å²) in [5.41, 5.74) is 9.82. The Hall–Kier alpha value is -3.50. The molecule has 2 aromatic heterocycles. The predicted molar refractivity (Wildman–Crippen MR) is 147 cm³/mol. The highest BCUT2D eigenvalue weighted by Gasteiger charge is 2.21. The molecule has 0 unspecified atom stereocenters. The van der Waals surface area contributed by atoms with Crippen molar-refractivity contribution in [3.63, 3.8) is 0 Å². The van der Waals surface area contributed by atoms with E-state index in [2.05, 4.69) is 14.6 Å². The van der Waals surface area contributed by atoms with Crippen LogP contribution in [0.5, 0.6) is 0 Å². The van der Waals surface area contributed by atoms with Crippen LogP contribution in [0, 0.1) is 12.7 Å². The quantitative estimate of drug-likeness (QED) is 0.227. The van der Waals surface area contributed by atoms with Crippen LogP contribution in [0.4, 0.5) is 26.1 Å². The van der Waals surface area contributed by atoms with Gasteiger partial charge in [-0.25, -0.2) is 19.3 Å². The summed E-state index contributed by atoms with van der Waals surface area (Å²) in [7, 11) is 0. The molecule has 1 fully saturated rings. The number of halogens is 2. The molecule has 5 rings (SSSR count). The Labute approximate surface area is 218 Å². The minimum atomic E-state index is -0.391. The van der Waals surface area contributed by atoms with Gasteiger partial charge >= 0.3 is 0 Å². The molecule has 0 atom stereocenters. The molecule has 0 bridgehead atoms. The Kier molecular flexibility index (Phi) is 7.66. The van der Waals surface area contributed by atoms with Crippen LogP contribution in [0.1, 0.15) is 12.0 Å². The monoisotopic (exact) mass is 522 g/mol. The zero-order chi connectivity index (χ0) is 25.8. The summed E-state index contributed by atoms with van der Waals surface area (Å²) in [6.07, 6.45) is 2.09. The summed E-state index contributed by atoms with van der Waals surface area (Å²) in [4.78, 5) is 16.2. The van der Waals surface area contributed by atoms with E-state index in [4.69, 9.17) is 20.4 Å². The minimum absolute atomic E-state index is 0.354. The molecule has 0 amide bonds. The zero-order valence-corrected chi connectivity index (χ0v) is 21.3.